The Kier molecular flexibility index (Phi) is 11.8. The highest BCUT2D eigenvalue weighted by atomic mass is 32.2. The van der Waals surface area contributed by atoms with Crippen molar-refractivity contribution < 1.29 is 27.1 Å². The van der Waals surface area contributed by atoms with Crippen molar-refractivity contribution in [3.05, 3.63) is 59.9 Å². The van der Waals surface area contributed by atoms with Crippen molar-refractivity contribution in [1.82, 2.24) is 10.2 Å². The maximum absolute atomic E-state index is 13.4. The van der Waals surface area contributed by atoms with Gasteiger partial charge in [-0.05, 0) is 49.1 Å². The van der Waals surface area contributed by atoms with Gasteiger partial charge in [-0.2, -0.15) is 0 Å². The summed E-state index contributed by atoms with van der Waals surface area (Å²) in [6, 6.07) is 11.8. The molecule has 0 bridgehead atoms. The zero-order valence-electron chi connectivity index (χ0n) is 22.1. The highest BCUT2D eigenvalue weighted by Crippen LogP contribution is 2.24. The zero-order chi connectivity index (χ0) is 27.4. The first-order valence-electron chi connectivity index (χ1n) is 12.5. The molecule has 2 aromatic rings. The molecule has 204 valence electrons. The number of amides is 2. The van der Waals surface area contributed by atoms with Crippen molar-refractivity contribution >= 4 is 27.5 Å². The van der Waals surface area contributed by atoms with Crippen molar-refractivity contribution in [2.75, 3.05) is 30.8 Å². The van der Waals surface area contributed by atoms with Gasteiger partial charge in [0.1, 0.15) is 17.6 Å². The first-order valence-corrected chi connectivity index (χ1v) is 14.4. The van der Waals surface area contributed by atoms with Crippen LogP contribution < -0.4 is 14.4 Å². The Morgan fingerprint density at radius 1 is 1.08 bits per heavy atom. The number of hydrogen-bond donors (Lipinski definition) is 1. The van der Waals surface area contributed by atoms with Crippen molar-refractivity contribution in [2.24, 2.45) is 0 Å². The molecule has 2 rings (SSSR count). The second-order valence-electron chi connectivity index (χ2n) is 8.86. The fourth-order valence-corrected chi connectivity index (χ4v) is 4.94. The third-order valence-electron chi connectivity index (χ3n) is 5.98. The lowest BCUT2D eigenvalue weighted by atomic mass is 10.1. The number of halogens is 1. The van der Waals surface area contributed by atoms with Crippen LogP contribution in [0.25, 0.3) is 0 Å². The Balaban J connectivity index is 2.20. The number of hydrogen-bond acceptors (Lipinski definition) is 5. The fourth-order valence-electron chi connectivity index (χ4n) is 3.98. The summed E-state index contributed by atoms with van der Waals surface area (Å²) in [5.74, 6) is -0.376. The SMILES string of the molecule is CCCCNC(=O)C(CC)N(Cc1ccc(F)cc1)C(=O)CCCN(c1cccc(OC)c1)S(C)(=O)=O. The number of unbranched alkanes of at least 4 members (excludes halogenated alkanes) is 1. The van der Waals surface area contributed by atoms with Crippen LogP contribution in [0.2, 0.25) is 0 Å². The Bertz CT molecular complexity index is 1130. The second-order valence-corrected chi connectivity index (χ2v) is 10.8. The number of carbonyl (C=O) groups excluding carboxylic acids is 2. The van der Waals surface area contributed by atoms with Gasteiger partial charge >= 0.3 is 0 Å². The molecule has 1 atom stereocenters. The summed E-state index contributed by atoms with van der Waals surface area (Å²) in [4.78, 5) is 27.8. The van der Waals surface area contributed by atoms with Gasteiger partial charge in [-0.15, -0.1) is 0 Å². The lowest BCUT2D eigenvalue weighted by Crippen LogP contribution is -2.49. The average molecular weight is 536 g/mol. The van der Waals surface area contributed by atoms with Crippen LogP contribution in [0.5, 0.6) is 5.75 Å². The molecule has 37 heavy (non-hydrogen) atoms. The number of anilines is 1. The number of nitrogens with zero attached hydrogens (tertiary/aromatic N) is 2. The van der Waals surface area contributed by atoms with E-state index in [1.54, 1.807) is 36.4 Å². The third kappa shape index (κ3) is 9.35. The average Bonchev–Trinajstić information content (AvgIpc) is 2.87. The summed E-state index contributed by atoms with van der Waals surface area (Å²) in [6.07, 6.45) is 3.57. The minimum atomic E-state index is -3.61. The molecule has 0 saturated carbocycles. The van der Waals surface area contributed by atoms with Crippen LogP contribution in [0, 0.1) is 5.82 Å². The molecule has 0 radical (unpaired) electrons. The molecule has 2 amide bonds. The smallest absolute Gasteiger partial charge is 0.242 e. The topological polar surface area (TPSA) is 96.0 Å². The minimum absolute atomic E-state index is 0.0376. The molecule has 0 spiro atoms. The Labute approximate surface area is 219 Å². The summed E-state index contributed by atoms with van der Waals surface area (Å²) >= 11 is 0. The summed E-state index contributed by atoms with van der Waals surface area (Å²) in [5.41, 5.74) is 1.14. The van der Waals surface area contributed by atoms with E-state index in [0.29, 0.717) is 30.0 Å². The standard InChI is InChI=1S/C27H38FN3O5S/c1-5-7-17-29-27(33)25(6-2)30(20-21-13-15-22(28)16-14-21)26(32)12-9-18-31(37(4,34)35)23-10-8-11-24(19-23)36-3/h8,10-11,13-16,19,25H,5-7,9,12,17-18,20H2,1-4H3,(H,29,33). The zero-order valence-corrected chi connectivity index (χ0v) is 22.9. The van der Waals surface area contributed by atoms with E-state index in [-0.39, 0.29) is 43.6 Å². The van der Waals surface area contributed by atoms with Gasteiger partial charge < -0.3 is 15.0 Å². The van der Waals surface area contributed by atoms with Gasteiger partial charge in [0.2, 0.25) is 21.8 Å². The molecule has 0 aliphatic heterocycles. The van der Waals surface area contributed by atoms with Gasteiger partial charge in [0.05, 0.1) is 19.1 Å². The molecular formula is C27H38FN3O5S. The van der Waals surface area contributed by atoms with Crippen LogP contribution in [0.3, 0.4) is 0 Å². The fraction of sp³-hybridized carbons (Fsp3) is 0.481. The molecule has 10 heteroatoms. The predicted molar refractivity (Wildman–Crippen MR) is 143 cm³/mol. The lowest BCUT2D eigenvalue weighted by Gasteiger charge is -2.31. The molecule has 2 aromatic carbocycles. The molecule has 0 aliphatic rings. The maximum atomic E-state index is 13.4. The van der Waals surface area contributed by atoms with E-state index in [1.165, 1.54) is 28.4 Å². The first-order chi connectivity index (χ1) is 17.6. The van der Waals surface area contributed by atoms with Crippen LogP contribution in [0.15, 0.2) is 48.5 Å². The van der Waals surface area contributed by atoms with Crippen LogP contribution >= 0.6 is 0 Å². The number of methoxy groups -OCH3 is 1. The molecule has 0 fully saturated rings. The quantitative estimate of drug-likeness (QED) is 0.347. The summed E-state index contributed by atoms with van der Waals surface area (Å²) in [6.45, 7) is 4.61. The van der Waals surface area contributed by atoms with Crippen LogP contribution in [0.4, 0.5) is 10.1 Å². The Morgan fingerprint density at radius 2 is 1.78 bits per heavy atom. The molecule has 8 nitrogen and oxygen atoms in total. The number of ether oxygens (including phenoxy) is 1. The molecule has 0 aromatic heterocycles. The largest absolute Gasteiger partial charge is 0.497 e. The van der Waals surface area contributed by atoms with E-state index in [2.05, 4.69) is 5.32 Å². The number of carbonyl (C=O) groups is 2. The monoisotopic (exact) mass is 535 g/mol. The van der Waals surface area contributed by atoms with Gasteiger partial charge in [-0.1, -0.05) is 38.5 Å². The molecule has 0 aliphatic carbocycles. The molecule has 0 heterocycles. The highest BCUT2D eigenvalue weighted by Gasteiger charge is 2.28. The lowest BCUT2D eigenvalue weighted by molar-refractivity contribution is -0.141. The van der Waals surface area contributed by atoms with E-state index in [1.807, 2.05) is 13.8 Å². The van der Waals surface area contributed by atoms with Crippen molar-refractivity contribution in [2.45, 2.75) is 58.5 Å². The minimum Gasteiger partial charge on any atom is -0.497 e. The Hall–Kier alpha value is -3.14. The van der Waals surface area contributed by atoms with Gasteiger partial charge in [0.25, 0.3) is 0 Å². The van der Waals surface area contributed by atoms with Crippen LogP contribution in [0.1, 0.15) is 51.5 Å². The maximum Gasteiger partial charge on any atom is 0.242 e. The second kappa shape index (κ2) is 14.6. The van der Waals surface area contributed by atoms with E-state index >= 15 is 0 Å². The van der Waals surface area contributed by atoms with Crippen molar-refractivity contribution in [3.8, 4) is 5.75 Å². The number of benzene rings is 2. The normalized spacial score (nSPS) is 12.0. The molecule has 0 saturated heterocycles. The van der Waals surface area contributed by atoms with Gasteiger partial charge in [-0.25, -0.2) is 12.8 Å². The van der Waals surface area contributed by atoms with Crippen molar-refractivity contribution in [1.29, 1.82) is 0 Å². The van der Waals surface area contributed by atoms with Crippen LogP contribution in [-0.2, 0) is 26.2 Å². The molecule has 1 N–H and O–H groups in total. The number of sulfonamides is 1. The summed E-state index contributed by atoms with van der Waals surface area (Å²) in [7, 11) is -2.11. The van der Waals surface area contributed by atoms with Gasteiger partial charge in [0.15, 0.2) is 0 Å². The van der Waals surface area contributed by atoms with E-state index in [4.69, 9.17) is 4.74 Å². The number of rotatable bonds is 15. The van der Waals surface area contributed by atoms with Crippen LogP contribution in [-0.4, -0.2) is 57.6 Å². The number of nitrogens with one attached hydrogen (secondary N) is 1. The highest BCUT2D eigenvalue weighted by molar-refractivity contribution is 7.92. The first kappa shape index (κ1) is 30.1. The van der Waals surface area contributed by atoms with Crippen molar-refractivity contribution in [3.63, 3.8) is 0 Å². The molecule has 1 unspecified atom stereocenters. The van der Waals surface area contributed by atoms with E-state index < -0.39 is 16.1 Å². The summed E-state index contributed by atoms with van der Waals surface area (Å²) < 4.78 is 44.8. The Morgan fingerprint density at radius 3 is 2.38 bits per heavy atom. The van der Waals surface area contributed by atoms with Gasteiger partial charge in [-0.3, -0.25) is 13.9 Å². The van der Waals surface area contributed by atoms with Gasteiger partial charge in [0, 0.05) is 32.1 Å². The van der Waals surface area contributed by atoms with E-state index in [9.17, 15) is 22.4 Å². The third-order valence-corrected chi connectivity index (χ3v) is 7.17. The predicted octanol–water partition coefficient (Wildman–Crippen LogP) is 4.10. The van der Waals surface area contributed by atoms with E-state index in [0.717, 1.165) is 19.1 Å². The summed E-state index contributed by atoms with van der Waals surface area (Å²) in [5, 5.41) is 2.90. The molecular weight excluding hydrogens is 497 g/mol.